The van der Waals surface area contributed by atoms with Crippen LogP contribution >= 0.6 is 11.6 Å². The van der Waals surface area contributed by atoms with Gasteiger partial charge < -0.3 is 10.1 Å². The van der Waals surface area contributed by atoms with Crippen LogP contribution in [0, 0.1) is 0 Å². The SMILES string of the molecule is COCCNC1=C(Cl)C(=O)c2ccccc2C1=O. The summed E-state index contributed by atoms with van der Waals surface area (Å²) in [4.78, 5) is 24.2. The van der Waals surface area contributed by atoms with Gasteiger partial charge in [-0.25, -0.2) is 0 Å². The lowest BCUT2D eigenvalue weighted by atomic mass is 9.92. The molecule has 0 heterocycles. The zero-order valence-electron chi connectivity index (χ0n) is 9.83. The van der Waals surface area contributed by atoms with Crippen molar-refractivity contribution in [2.75, 3.05) is 20.3 Å². The second kappa shape index (κ2) is 5.33. The van der Waals surface area contributed by atoms with Crippen molar-refractivity contribution in [1.29, 1.82) is 0 Å². The number of methoxy groups -OCH3 is 1. The monoisotopic (exact) mass is 265 g/mol. The fourth-order valence-electron chi connectivity index (χ4n) is 1.78. The van der Waals surface area contributed by atoms with Crippen molar-refractivity contribution in [1.82, 2.24) is 5.32 Å². The highest BCUT2D eigenvalue weighted by Gasteiger charge is 2.30. The molecule has 0 bridgehead atoms. The smallest absolute Gasteiger partial charge is 0.211 e. The molecule has 0 aromatic heterocycles. The second-order valence-electron chi connectivity index (χ2n) is 3.81. The van der Waals surface area contributed by atoms with Crippen molar-refractivity contribution in [2.45, 2.75) is 0 Å². The molecule has 4 nitrogen and oxygen atoms in total. The third-order valence-corrected chi connectivity index (χ3v) is 3.03. The molecule has 2 rings (SSSR count). The van der Waals surface area contributed by atoms with Crippen molar-refractivity contribution < 1.29 is 14.3 Å². The normalized spacial score (nSPS) is 14.8. The fourth-order valence-corrected chi connectivity index (χ4v) is 2.04. The second-order valence-corrected chi connectivity index (χ2v) is 4.19. The summed E-state index contributed by atoms with van der Waals surface area (Å²) in [5.41, 5.74) is 0.883. The van der Waals surface area contributed by atoms with Gasteiger partial charge in [0.15, 0.2) is 0 Å². The Labute approximate surface area is 110 Å². The molecule has 0 fully saturated rings. The lowest BCUT2D eigenvalue weighted by molar-refractivity contribution is 0.0973. The average Bonchev–Trinajstić information content (AvgIpc) is 2.40. The Morgan fingerprint density at radius 1 is 1.17 bits per heavy atom. The van der Waals surface area contributed by atoms with E-state index >= 15 is 0 Å². The predicted octanol–water partition coefficient (Wildman–Crippen LogP) is 1.75. The Bertz CT molecular complexity index is 537. The summed E-state index contributed by atoms with van der Waals surface area (Å²) in [6, 6.07) is 6.65. The first-order chi connectivity index (χ1) is 8.66. The molecule has 0 amide bonds. The van der Waals surface area contributed by atoms with Gasteiger partial charge in [0.25, 0.3) is 0 Å². The third kappa shape index (κ3) is 2.17. The number of rotatable bonds is 4. The Kier molecular flexibility index (Phi) is 3.79. The minimum Gasteiger partial charge on any atom is -0.383 e. The average molecular weight is 266 g/mol. The van der Waals surface area contributed by atoms with Crippen LogP contribution in [-0.4, -0.2) is 31.8 Å². The molecule has 1 aromatic rings. The van der Waals surface area contributed by atoms with E-state index in [1.54, 1.807) is 31.4 Å². The Morgan fingerprint density at radius 2 is 1.78 bits per heavy atom. The molecule has 0 spiro atoms. The molecule has 94 valence electrons. The molecule has 1 aliphatic rings. The van der Waals surface area contributed by atoms with Crippen molar-refractivity contribution in [3.8, 4) is 0 Å². The van der Waals surface area contributed by atoms with Gasteiger partial charge >= 0.3 is 0 Å². The standard InChI is InChI=1S/C13H12ClNO3/c1-18-7-6-15-11-10(14)12(16)8-4-2-3-5-9(8)13(11)17/h2-5,15H,6-7H2,1H3. The summed E-state index contributed by atoms with van der Waals surface area (Å²) < 4.78 is 4.88. The molecule has 1 aromatic carbocycles. The quantitative estimate of drug-likeness (QED) is 0.843. The number of carbonyl (C=O) groups is 2. The van der Waals surface area contributed by atoms with Crippen LogP contribution in [-0.2, 0) is 4.74 Å². The molecular formula is C13H12ClNO3. The van der Waals surface area contributed by atoms with E-state index in [9.17, 15) is 9.59 Å². The zero-order chi connectivity index (χ0) is 13.1. The van der Waals surface area contributed by atoms with Gasteiger partial charge in [-0.1, -0.05) is 35.9 Å². The summed E-state index contributed by atoms with van der Waals surface area (Å²) in [7, 11) is 1.56. The predicted molar refractivity (Wildman–Crippen MR) is 67.9 cm³/mol. The minimum atomic E-state index is -0.327. The molecular weight excluding hydrogens is 254 g/mol. The molecule has 0 atom stereocenters. The molecule has 0 saturated heterocycles. The number of ketones is 2. The van der Waals surface area contributed by atoms with E-state index in [2.05, 4.69) is 5.32 Å². The number of fused-ring (bicyclic) bond motifs is 1. The summed E-state index contributed by atoms with van der Waals surface area (Å²) in [5, 5.41) is 2.79. The number of halogens is 1. The highest BCUT2D eigenvalue weighted by molar-refractivity contribution is 6.49. The number of carbonyl (C=O) groups excluding carboxylic acids is 2. The maximum atomic E-state index is 12.2. The molecule has 0 aliphatic heterocycles. The van der Waals surface area contributed by atoms with Crippen LogP contribution in [0.1, 0.15) is 20.7 Å². The summed E-state index contributed by atoms with van der Waals surface area (Å²) in [6.07, 6.45) is 0. The van der Waals surface area contributed by atoms with Crippen LogP contribution in [0.25, 0.3) is 0 Å². The Morgan fingerprint density at radius 3 is 2.39 bits per heavy atom. The number of allylic oxidation sites excluding steroid dienone is 2. The number of hydrogen-bond acceptors (Lipinski definition) is 4. The molecule has 1 aliphatic carbocycles. The number of Topliss-reactive ketones (excluding diaryl/α,β-unsaturated/α-hetero) is 2. The van der Waals surface area contributed by atoms with Crippen LogP contribution in [0.15, 0.2) is 35.0 Å². The number of nitrogens with one attached hydrogen (secondary N) is 1. The van der Waals surface area contributed by atoms with Gasteiger partial charge in [-0.15, -0.1) is 0 Å². The first-order valence-electron chi connectivity index (χ1n) is 5.48. The van der Waals surface area contributed by atoms with E-state index < -0.39 is 0 Å². The van der Waals surface area contributed by atoms with Gasteiger partial charge in [-0.3, -0.25) is 9.59 Å². The number of benzene rings is 1. The van der Waals surface area contributed by atoms with Crippen LogP contribution in [0.5, 0.6) is 0 Å². The molecule has 0 radical (unpaired) electrons. The van der Waals surface area contributed by atoms with Crippen LogP contribution in [0.2, 0.25) is 0 Å². The molecule has 1 N–H and O–H groups in total. The highest BCUT2D eigenvalue weighted by Crippen LogP contribution is 2.26. The van der Waals surface area contributed by atoms with Gasteiger partial charge in [-0.05, 0) is 0 Å². The van der Waals surface area contributed by atoms with Gasteiger partial charge in [0.1, 0.15) is 10.7 Å². The fraction of sp³-hybridized carbons (Fsp3) is 0.231. The van der Waals surface area contributed by atoms with Crippen molar-refractivity contribution in [2.24, 2.45) is 0 Å². The molecule has 0 unspecified atom stereocenters. The third-order valence-electron chi connectivity index (χ3n) is 2.67. The lowest BCUT2D eigenvalue weighted by Crippen LogP contribution is -2.30. The number of ether oxygens (including phenoxy) is 1. The Hall–Kier alpha value is -1.65. The van der Waals surface area contributed by atoms with Gasteiger partial charge in [0.2, 0.25) is 11.6 Å². The number of hydrogen-bond donors (Lipinski definition) is 1. The van der Waals surface area contributed by atoms with Crippen LogP contribution < -0.4 is 5.32 Å². The van der Waals surface area contributed by atoms with Gasteiger partial charge in [-0.2, -0.15) is 0 Å². The Balaban J connectivity index is 2.34. The van der Waals surface area contributed by atoms with E-state index in [4.69, 9.17) is 16.3 Å². The molecule has 5 heteroatoms. The maximum absolute atomic E-state index is 12.2. The van der Waals surface area contributed by atoms with Crippen molar-refractivity contribution in [3.63, 3.8) is 0 Å². The zero-order valence-corrected chi connectivity index (χ0v) is 10.6. The van der Waals surface area contributed by atoms with E-state index in [-0.39, 0.29) is 22.3 Å². The van der Waals surface area contributed by atoms with E-state index in [0.717, 1.165) is 0 Å². The summed E-state index contributed by atoms with van der Waals surface area (Å²) >= 11 is 5.94. The molecule has 18 heavy (non-hydrogen) atoms. The van der Waals surface area contributed by atoms with Crippen molar-refractivity contribution in [3.05, 3.63) is 46.1 Å². The largest absolute Gasteiger partial charge is 0.383 e. The lowest BCUT2D eigenvalue weighted by Gasteiger charge is -2.18. The highest BCUT2D eigenvalue weighted by atomic mass is 35.5. The van der Waals surface area contributed by atoms with E-state index in [1.807, 2.05) is 0 Å². The van der Waals surface area contributed by atoms with E-state index in [1.165, 1.54) is 0 Å². The first kappa shape index (κ1) is 12.8. The van der Waals surface area contributed by atoms with Gasteiger partial charge in [0, 0.05) is 24.8 Å². The first-order valence-corrected chi connectivity index (χ1v) is 5.85. The van der Waals surface area contributed by atoms with Crippen LogP contribution in [0.3, 0.4) is 0 Å². The van der Waals surface area contributed by atoms with E-state index in [0.29, 0.717) is 24.3 Å². The maximum Gasteiger partial charge on any atom is 0.211 e. The topological polar surface area (TPSA) is 55.4 Å². The summed E-state index contributed by atoms with van der Waals surface area (Å²) in [5.74, 6) is -0.585. The minimum absolute atomic E-state index is 0.0604. The summed E-state index contributed by atoms with van der Waals surface area (Å²) in [6.45, 7) is 0.847. The van der Waals surface area contributed by atoms with Crippen molar-refractivity contribution >= 4 is 23.2 Å². The van der Waals surface area contributed by atoms with Crippen LogP contribution in [0.4, 0.5) is 0 Å². The van der Waals surface area contributed by atoms with Gasteiger partial charge in [0.05, 0.1) is 6.61 Å². The molecule has 0 saturated carbocycles.